The maximum absolute atomic E-state index is 13.8. The number of halogens is 2. The van der Waals surface area contributed by atoms with Gasteiger partial charge in [0, 0.05) is 15.5 Å². The predicted octanol–water partition coefficient (Wildman–Crippen LogP) is 4.16. The highest BCUT2D eigenvalue weighted by Gasteiger charge is 2.19. The Balaban J connectivity index is 2.49. The second-order valence-corrected chi connectivity index (χ2v) is 5.24. The van der Waals surface area contributed by atoms with Crippen molar-refractivity contribution in [3.8, 4) is 0 Å². The lowest BCUT2D eigenvalue weighted by Gasteiger charge is -2.17. The summed E-state index contributed by atoms with van der Waals surface area (Å²) in [5.74, 6) is -0.235. The zero-order chi connectivity index (χ0) is 12.4. The first-order valence-electron chi connectivity index (χ1n) is 5.29. The molecule has 1 nitrogen and oxygen atoms in total. The number of rotatable bonds is 3. The molecule has 1 N–H and O–H groups in total. The van der Waals surface area contributed by atoms with Crippen molar-refractivity contribution < 1.29 is 4.39 Å². The van der Waals surface area contributed by atoms with Crippen LogP contribution in [0, 0.1) is 12.7 Å². The van der Waals surface area contributed by atoms with Crippen molar-refractivity contribution in [3.05, 3.63) is 56.5 Å². The predicted molar refractivity (Wildman–Crippen MR) is 71.4 cm³/mol. The minimum Gasteiger partial charge on any atom is -0.309 e. The highest BCUT2D eigenvalue weighted by atomic mass is 35.5. The van der Waals surface area contributed by atoms with Crippen LogP contribution in [0.2, 0.25) is 5.02 Å². The molecule has 90 valence electrons. The second-order valence-electron chi connectivity index (χ2n) is 3.86. The molecule has 0 spiro atoms. The third kappa shape index (κ3) is 2.51. The van der Waals surface area contributed by atoms with Gasteiger partial charge < -0.3 is 5.32 Å². The van der Waals surface area contributed by atoms with Gasteiger partial charge in [-0.1, -0.05) is 11.6 Å². The van der Waals surface area contributed by atoms with Crippen molar-refractivity contribution in [2.45, 2.75) is 13.0 Å². The molecular formula is C13H13ClFNS. The van der Waals surface area contributed by atoms with E-state index in [1.165, 1.54) is 6.07 Å². The van der Waals surface area contributed by atoms with Crippen LogP contribution in [-0.4, -0.2) is 7.05 Å². The van der Waals surface area contributed by atoms with Crippen LogP contribution in [0.5, 0.6) is 0 Å². The molecule has 0 aliphatic carbocycles. The molecule has 1 aromatic carbocycles. The molecule has 2 rings (SSSR count). The van der Waals surface area contributed by atoms with Crippen molar-refractivity contribution >= 4 is 22.9 Å². The van der Waals surface area contributed by atoms with Gasteiger partial charge in [-0.25, -0.2) is 4.39 Å². The zero-order valence-corrected chi connectivity index (χ0v) is 11.2. The molecule has 0 radical (unpaired) electrons. The van der Waals surface area contributed by atoms with Crippen LogP contribution >= 0.6 is 22.9 Å². The molecule has 0 aliphatic heterocycles. The Labute approximate surface area is 109 Å². The Morgan fingerprint density at radius 2 is 2.12 bits per heavy atom. The van der Waals surface area contributed by atoms with Crippen molar-refractivity contribution in [3.63, 3.8) is 0 Å². The monoisotopic (exact) mass is 269 g/mol. The molecule has 1 heterocycles. The molecule has 0 aliphatic rings. The lowest BCUT2D eigenvalue weighted by atomic mass is 10.0. The largest absolute Gasteiger partial charge is 0.309 e. The average molecular weight is 270 g/mol. The first kappa shape index (κ1) is 12.6. The van der Waals surface area contributed by atoms with Gasteiger partial charge in [-0.3, -0.25) is 0 Å². The van der Waals surface area contributed by atoms with Crippen molar-refractivity contribution in [1.82, 2.24) is 5.32 Å². The van der Waals surface area contributed by atoms with Crippen LogP contribution in [0.4, 0.5) is 4.39 Å². The SMILES string of the molecule is CNC(c1cc(Cl)ccc1F)c1sccc1C. The number of aryl methyl sites for hydroxylation is 1. The van der Waals surface area contributed by atoms with E-state index in [-0.39, 0.29) is 11.9 Å². The Morgan fingerprint density at radius 3 is 2.71 bits per heavy atom. The van der Waals surface area contributed by atoms with Crippen molar-refractivity contribution in [1.29, 1.82) is 0 Å². The minimum absolute atomic E-state index is 0.145. The van der Waals surface area contributed by atoms with E-state index in [1.807, 2.05) is 25.4 Å². The molecule has 0 fully saturated rings. The van der Waals surface area contributed by atoms with E-state index in [1.54, 1.807) is 23.5 Å². The highest BCUT2D eigenvalue weighted by molar-refractivity contribution is 7.10. The Hall–Kier alpha value is -0.900. The molecular weight excluding hydrogens is 257 g/mol. The van der Waals surface area contributed by atoms with Gasteiger partial charge >= 0.3 is 0 Å². The fourth-order valence-corrected chi connectivity index (χ4v) is 3.08. The summed E-state index contributed by atoms with van der Waals surface area (Å²) in [6.45, 7) is 2.03. The fraction of sp³-hybridized carbons (Fsp3) is 0.231. The average Bonchev–Trinajstić information content (AvgIpc) is 2.71. The maximum atomic E-state index is 13.8. The summed E-state index contributed by atoms with van der Waals surface area (Å²) >= 11 is 7.55. The van der Waals surface area contributed by atoms with Gasteiger partial charge in [0.15, 0.2) is 0 Å². The van der Waals surface area contributed by atoms with Crippen molar-refractivity contribution in [2.24, 2.45) is 0 Å². The van der Waals surface area contributed by atoms with E-state index in [0.29, 0.717) is 10.6 Å². The third-order valence-electron chi connectivity index (χ3n) is 2.72. The van der Waals surface area contributed by atoms with E-state index in [0.717, 1.165) is 10.4 Å². The Kier molecular flexibility index (Phi) is 3.82. The molecule has 17 heavy (non-hydrogen) atoms. The van der Waals surface area contributed by atoms with Crippen LogP contribution in [0.3, 0.4) is 0 Å². The molecule has 2 aromatic rings. The van der Waals surface area contributed by atoms with Gasteiger partial charge in [0.2, 0.25) is 0 Å². The number of thiophene rings is 1. The van der Waals surface area contributed by atoms with Gasteiger partial charge in [-0.15, -0.1) is 11.3 Å². The molecule has 1 atom stereocenters. The first-order chi connectivity index (χ1) is 8.13. The first-order valence-corrected chi connectivity index (χ1v) is 6.55. The second kappa shape index (κ2) is 5.17. The summed E-state index contributed by atoms with van der Waals surface area (Å²) in [5.41, 5.74) is 1.75. The minimum atomic E-state index is -0.235. The van der Waals surface area contributed by atoms with E-state index < -0.39 is 0 Å². The summed E-state index contributed by atoms with van der Waals surface area (Å²) in [4.78, 5) is 1.12. The van der Waals surface area contributed by atoms with Crippen LogP contribution in [0.15, 0.2) is 29.6 Å². The van der Waals surface area contributed by atoms with E-state index >= 15 is 0 Å². The topological polar surface area (TPSA) is 12.0 Å². The van der Waals surface area contributed by atoms with Crippen molar-refractivity contribution in [2.75, 3.05) is 7.05 Å². The normalized spacial score (nSPS) is 12.7. The molecule has 0 bridgehead atoms. The number of hydrogen-bond donors (Lipinski definition) is 1. The summed E-state index contributed by atoms with van der Waals surface area (Å²) in [6.07, 6.45) is 0. The summed E-state index contributed by atoms with van der Waals surface area (Å²) in [6, 6.07) is 6.54. The van der Waals surface area contributed by atoms with E-state index in [4.69, 9.17) is 11.6 Å². The van der Waals surface area contributed by atoms with Crippen LogP contribution in [-0.2, 0) is 0 Å². The Bertz CT molecular complexity index is 524. The quantitative estimate of drug-likeness (QED) is 0.882. The summed E-state index contributed by atoms with van der Waals surface area (Å²) < 4.78 is 13.8. The lowest BCUT2D eigenvalue weighted by molar-refractivity contribution is 0.578. The molecule has 0 amide bonds. The molecule has 0 saturated heterocycles. The maximum Gasteiger partial charge on any atom is 0.128 e. The fourth-order valence-electron chi connectivity index (χ4n) is 1.84. The third-order valence-corrected chi connectivity index (χ3v) is 4.04. The standard InChI is InChI=1S/C13H13ClFNS/c1-8-5-6-17-13(8)12(16-2)10-7-9(14)3-4-11(10)15/h3-7,12,16H,1-2H3. The lowest BCUT2D eigenvalue weighted by Crippen LogP contribution is -2.18. The molecule has 0 saturated carbocycles. The number of nitrogens with one attached hydrogen (secondary N) is 1. The van der Waals surface area contributed by atoms with Gasteiger partial charge in [0.25, 0.3) is 0 Å². The van der Waals surface area contributed by atoms with Gasteiger partial charge in [0.1, 0.15) is 5.82 Å². The van der Waals surface area contributed by atoms with E-state index in [2.05, 4.69) is 5.32 Å². The van der Waals surface area contributed by atoms with Gasteiger partial charge in [-0.2, -0.15) is 0 Å². The van der Waals surface area contributed by atoms with Gasteiger partial charge in [-0.05, 0) is 49.2 Å². The molecule has 1 unspecified atom stereocenters. The molecule has 4 heteroatoms. The summed E-state index contributed by atoms with van der Waals surface area (Å²) in [5, 5.41) is 5.70. The number of hydrogen-bond acceptors (Lipinski definition) is 2. The summed E-state index contributed by atoms with van der Waals surface area (Å²) in [7, 11) is 1.82. The van der Waals surface area contributed by atoms with E-state index in [9.17, 15) is 4.39 Å². The van der Waals surface area contributed by atoms with Crippen LogP contribution in [0.1, 0.15) is 22.0 Å². The van der Waals surface area contributed by atoms with Crippen LogP contribution < -0.4 is 5.32 Å². The highest BCUT2D eigenvalue weighted by Crippen LogP contribution is 2.31. The zero-order valence-electron chi connectivity index (χ0n) is 9.63. The van der Waals surface area contributed by atoms with Gasteiger partial charge in [0.05, 0.1) is 6.04 Å². The van der Waals surface area contributed by atoms with Crippen LogP contribution in [0.25, 0.3) is 0 Å². The smallest absolute Gasteiger partial charge is 0.128 e. The Morgan fingerprint density at radius 1 is 1.35 bits per heavy atom. The number of benzene rings is 1. The molecule has 1 aromatic heterocycles.